The van der Waals surface area contributed by atoms with Gasteiger partial charge >= 0.3 is 0 Å². The van der Waals surface area contributed by atoms with Gasteiger partial charge in [-0.1, -0.05) is 24.3 Å². The topological polar surface area (TPSA) is 24.9 Å². The number of hydrogen-bond donors (Lipinski definition) is 1. The summed E-state index contributed by atoms with van der Waals surface area (Å²) in [7, 11) is 0. The van der Waals surface area contributed by atoms with Crippen LogP contribution in [0.25, 0.3) is 0 Å². The van der Waals surface area contributed by atoms with Crippen LogP contribution in [0.1, 0.15) is 48.3 Å². The molecule has 0 radical (unpaired) electrons. The Hall–Kier alpha value is -1.67. The molecule has 1 unspecified atom stereocenters. The van der Waals surface area contributed by atoms with Gasteiger partial charge in [-0.25, -0.2) is 0 Å². The van der Waals surface area contributed by atoms with E-state index in [0.717, 1.165) is 5.69 Å². The molecule has 19 heavy (non-hydrogen) atoms. The van der Waals surface area contributed by atoms with Gasteiger partial charge in [0.2, 0.25) is 0 Å². The number of aryl methyl sites for hydroxylation is 2. The SMILES string of the molecule is Cc1ccc(C(C)N[C@H](C)c2ccccn2)cc1C. The van der Waals surface area contributed by atoms with Gasteiger partial charge in [-0.3, -0.25) is 4.98 Å². The molecule has 1 N–H and O–H groups in total. The molecule has 0 spiro atoms. The number of aromatic nitrogens is 1. The molecule has 0 aliphatic rings. The standard InChI is InChI=1S/C17H22N2/c1-12-8-9-16(11-13(12)2)14(3)19-15(4)17-7-5-6-10-18-17/h5-11,14-15,19H,1-4H3/t14?,15-/m1/s1. The fourth-order valence-electron chi connectivity index (χ4n) is 2.22. The molecule has 2 nitrogen and oxygen atoms in total. The number of nitrogens with one attached hydrogen (secondary N) is 1. The van der Waals surface area contributed by atoms with Crippen molar-refractivity contribution < 1.29 is 0 Å². The van der Waals surface area contributed by atoms with Crippen molar-refractivity contribution in [2.45, 2.75) is 39.8 Å². The Kier molecular flexibility index (Phi) is 4.33. The van der Waals surface area contributed by atoms with E-state index >= 15 is 0 Å². The summed E-state index contributed by atoms with van der Waals surface area (Å²) in [4.78, 5) is 4.39. The van der Waals surface area contributed by atoms with E-state index in [1.165, 1.54) is 16.7 Å². The molecule has 100 valence electrons. The maximum absolute atomic E-state index is 4.39. The summed E-state index contributed by atoms with van der Waals surface area (Å²) in [5, 5.41) is 3.60. The first-order valence-corrected chi connectivity index (χ1v) is 6.82. The van der Waals surface area contributed by atoms with E-state index in [-0.39, 0.29) is 6.04 Å². The van der Waals surface area contributed by atoms with Gasteiger partial charge in [-0.05, 0) is 56.5 Å². The largest absolute Gasteiger partial charge is 0.302 e. The second-order valence-electron chi connectivity index (χ2n) is 5.21. The van der Waals surface area contributed by atoms with Gasteiger partial charge < -0.3 is 5.32 Å². The van der Waals surface area contributed by atoms with Crippen LogP contribution in [0.3, 0.4) is 0 Å². The zero-order valence-corrected chi connectivity index (χ0v) is 12.1. The van der Waals surface area contributed by atoms with E-state index in [1.54, 1.807) is 0 Å². The molecule has 1 heterocycles. The third-order valence-electron chi connectivity index (χ3n) is 3.66. The van der Waals surface area contributed by atoms with Crippen LogP contribution in [0.5, 0.6) is 0 Å². The molecule has 0 aliphatic heterocycles. The van der Waals surface area contributed by atoms with Gasteiger partial charge in [-0.15, -0.1) is 0 Å². The average Bonchev–Trinajstić information content (AvgIpc) is 2.42. The predicted octanol–water partition coefficient (Wildman–Crippen LogP) is 4.11. The number of rotatable bonds is 4. The normalized spacial score (nSPS) is 14.1. The number of benzene rings is 1. The summed E-state index contributed by atoms with van der Waals surface area (Å²) in [6.45, 7) is 8.66. The number of nitrogens with zero attached hydrogens (tertiary/aromatic N) is 1. The molecule has 2 atom stereocenters. The molecule has 0 aliphatic carbocycles. The molecule has 0 fully saturated rings. The average molecular weight is 254 g/mol. The van der Waals surface area contributed by atoms with Crippen LogP contribution in [-0.4, -0.2) is 4.98 Å². The first-order chi connectivity index (χ1) is 9.08. The zero-order valence-electron chi connectivity index (χ0n) is 12.1. The minimum Gasteiger partial charge on any atom is -0.302 e. The first kappa shape index (κ1) is 13.8. The van der Waals surface area contributed by atoms with E-state index in [0.29, 0.717) is 6.04 Å². The van der Waals surface area contributed by atoms with Crippen molar-refractivity contribution in [3.05, 3.63) is 65.0 Å². The Morgan fingerprint density at radius 2 is 1.74 bits per heavy atom. The minimum atomic E-state index is 0.248. The third kappa shape index (κ3) is 3.42. The molecule has 0 saturated heterocycles. The monoisotopic (exact) mass is 254 g/mol. The van der Waals surface area contributed by atoms with E-state index in [2.05, 4.69) is 62.3 Å². The van der Waals surface area contributed by atoms with Crippen molar-refractivity contribution in [2.75, 3.05) is 0 Å². The second-order valence-corrected chi connectivity index (χ2v) is 5.21. The van der Waals surface area contributed by atoms with Crippen molar-refractivity contribution in [3.8, 4) is 0 Å². The fourth-order valence-corrected chi connectivity index (χ4v) is 2.22. The van der Waals surface area contributed by atoms with Gasteiger partial charge in [0.25, 0.3) is 0 Å². The van der Waals surface area contributed by atoms with E-state index in [1.807, 2.05) is 18.3 Å². The quantitative estimate of drug-likeness (QED) is 0.888. The summed E-state index contributed by atoms with van der Waals surface area (Å²) >= 11 is 0. The van der Waals surface area contributed by atoms with Gasteiger partial charge in [-0.2, -0.15) is 0 Å². The second kappa shape index (κ2) is 5.98. The Balaban J connectivity index is 2.08. The maximum Gasteiger partial charge on any atom is 0.0570 e. The molecule has 2 aromatic rings. The van der Waals surface area contributed by atoms with Crippen LogP contribution >= 0.6 is 0 Å². The van der Waals surface area contributed by atoms with Gasteiger partial charge in [0.15, 0.2) is 0 Å². The third-order valence-corrected chi connectivity index (χ3v) is 3.66. The fraction of sp³-hybridized carbons (Fsp3) is 0.353. The molecule has 2 rings (SSSR count). The highest BCUT2D eigenvalue weighted by Gasteiger charge is 2.12. The molecule has 1 aromatic heterocycles. The molecule has 0 saturated carbocycles. The van der Waals surface area contributed by atoms with Crippen molar-refractivity contribution in [1.82, 2.24) is 10.3 Å². The van der Waals surface area contributed by atoms with Gasteiger partial charge in [0, 0.05) is 18.3 Å². The molecule has 0 bridgehead atoms. The lowest BCUT2D eigenvalue weighted by molar-refractivity contribution is 0.486. The highest BCUT2D eigenvalue weighted by atomic mass is 15.0. The highest BCUT2D eigenvalue weighted by Crippen LogP contribution is 2.20. The summed E-state index contributed by atoms with van der Waals surface area (Å²) < 4.78 is 0. The Morgan fingerprint density at radius 3 is 2.37 bits per heavy atom. The van der Waals surface area contributed by atoms with E-state index in [4.69, 9.17) is 0 Å². The van der Waals surface area contributed by atoms with Gasteiger partial charge in [0.1, 0.15) is 0 Å². The summed E-state index contributed by atoms with van der Waals surface area (Å²) in [5.41, 5.74) is 5.09. The van der Waals surface area contributed by atoms with Gasteiger partial charge in [0.05, 0.1) is 5.69 Å². The van der Waals surface area contributed by atoms with Crippen LogP contribution in [0.15, 0.2) is 42.6 Å². The van der Waals surface area contributed by atoms with E-state index in [9.17, 15) is 0 Å². The van der Waals surface area contributed by atoms with E-state index < -0.39 is 0 Å². The highest BCUT2D eigenvalue weighted by molar-refractivity contribution is 5.31. The first-order valence-electron chi connectivity index (χ1n) is 6.82. The van der Waals surface area contributed by atoms with Crippen molar-refractivity contribution in [1.29, 1.82) is 0 Å². The Labute approximate surface area is 115 Å². The lowest BCUT2D eigenvalue weighted by Gasteiger charge is -2.20. The molecule has 1 aromatic carbocycles. The van der Waals surface area contributed by atoms with Crippen LogP contribution in [0.4, 0.5) is 0 Å². The molecule has 0 amide bonds. The predicted molar refractivity (Wildman–Crippen MR) is 80.1 cm³/mol. The minimum absolute atomic E-state index is 0.248. The summed E-state index contributed by atoms with van der Waals surface area (Å²) in [6.07, 6.45) is 1.84. The molecule has 2 heteroatoms. The lowest BCUT2D eigenvalue weighted by Crippen LogP contribution is -2.23. The Bertz CT molecular complexity index is 534. The van der Waals surface area contributed by atoms with Crippen LogP contribution < -0.4 is 5.32 Å². The van der Waals surface area contributed by atoms with Crippen molar-refractivity contribution in [2.24, 2.45) is 0 Å². The van der Waals surface area contributed by atoms with Crippen molar-refractivity contribution in [3.63, 3.8) is 0 Å². The Morgan fingerprint density at radius 1 is 0.947 bits per heavy atom. The van der Waals surface area contributed by atoms with Crippen LogP contribution in [0.2, 0.25) is 0 Å². The van der Waals surface area contributed by atoms with Crippen LogP contribution in [-0.2, 0) is 0 Å². The number of hydrogen-bond acceptors (Lipinski definition) is 2. The van der Waals surface area contributed by atoms with Crippen LogP contribution in [0, 0.1) is 13.8 Å². The van der Waals surface area contributed by atoms with Crippen molar-refractivity contribution >= 4 is 0 Å². The summed E-state index contributed by atoms with van der Waals surface area (Å²) in [5.74, 6) is 0. The number of pyridine rings is 1. The summed E-state index contributed by atoms with van der Waals surface area (Å²) in [6, 6.07) is 13.3. The zero-order chi connectivity index (χ0) is 13.8. The smallest absolute Gasteiger partial charge is 0.0570 e. The maximum atomic E-state index is 4.39. The molecular formula is C17H22N2. The lowest BCUT2D eigenvalue weighted by atomic mass is 10.0. The molecular weight excluding hydrogens is 232 g/mol.